The maximum absolute atomic E-state index is 13.5. The Bertz CT molecular complexity index is 574. The van der Waals surface area contributed by atoms with Crippen molar-refractivity contribution in [3.8, 4) is 0 Å². The second-order valence-corrected chi connectivity index (χ2v) is 7.21. The zero-order valence-electron chi connectivity index (χ0n) is 12.4. The SMILES string of the molecule is Cc1cc(F)cc(C(Br)c2ccc(C(C)(C)C)cc2)c1. The summed E-state index contributed by atoms with van der Waals surface area (Å²) in [6.45, 7) is 8.51. The quantitative estimate of drug-likeness (QED) is 0.598. The normalized spacial score (nSPS) is 13.3. The van der Waals surface area contributed by atoms with Crippen molar-refractivity contribution in [1.82, 2.24) is 0 Å². The lowest BCUT2D eigenvalue weighted by atomic mass is 9.86. The molecule has 0 aliphatic heterocycles. The van der Waals surface area contributed by atoms with Gasteiger partial charge in [-0.3, -0.25) is 0 Å². The summed E-state index contributed by atoms with van der Waals surface area (Å²) >= 11 is 3.67. The topological polar surface area (TPSA) is 0 Å². The first-order chi connectivity index (χ1) is 9.27. The van der Waals surface area contributed by atoms with E-state index in [0.717, 1.165) is 16.7 Å². The van der Waals surface area contributed by atoms with Crippen LogP contribution in [0.5, 0.6) is 0 Å². The Labute approximate surface area is 129 Å². The standard InChI is InChI=1S/C18H20BrF/c1-12-9-14(11-16(20)10-12)17(19)13-5-7-15(8-6-13)18(2,3)4/h5-11,17H,1-4H3. The molecule has 0 aliphatic carbocycles. The Morgan fingerprint density at radius 2 is 1.55 bits per heavy atom. The van der Waals surface area contributed by atoms with Gasteiger partial charge < -0.3 is 0 Å². The van der Waals surface area contributed by atoms with Gasteiger partial charge in [0, 0.05) is 0 Å². The van der Waals surface area contributed by atoms with E-state index in [9.17, 15) is 4.39 Å². The fourth-order valence-corrected chi connectivity index (χ4v) is 2.83. The van der Waals surface area contributed by atoms with Gasteiger partial charge in [0.25, 0.3) is 0 Å². The molecule has 20 heavy (non-hydrogen) atoms. The molecule has 0 nitrogen and oxygen atoms in total. The number of benzene rings is 2. The maximum Gasteiger partial charge on any atom is 0.123 e. The predicted octanol–water partition coefficient (Wildman–Crippen LogP) is 5.92. The molecule has 2 rings (SSSR count). The fraction of sp³-hybridized carbons (Fsp3) is 0.333. The fourth-order valence-electron chi connectivity index (χ4n) is 2.26. The predicted molar refractivity (Wildman–Crippen MR) is 87.0 cm³/mol. The molecule has 1 atom stereocenters. The van der Waals surface area contributed by atoms with E-state index in [0.29, 0.717) is 0 Å². The molecule has 0 fully saturated rings. The minimum Gasteiger partial charge on any atom is -0.207 e. The van der Waals surface area contributed by atoms with E-state index >= 15 is 0 Å². The van der Waals surface area contributed by atoms with Crippen molar-refractivity contribution >= 4 is 15.9 Å². The van der Waals surface area contributed by atoms with Gasteiger partial charge in [-0.1, -0.05) is 67.0 Å². The third-order valence-corrected chi connectivity index (χ3v) is 4.48. The number of aryl methyl sites for hydroxylation is 1. The van der Waals surface area contributed by atoms with Crippen molar-refractivity contribution in [3.63, 3.8) is 0 Å². The zero-order valence-corrected chi connectivity index (χ0v) is 14.0. The van der Waals surface area contributed by atoms with Crippen molar-refractivity contribution in [2.24, 2.45) is 0 Å². The summed E-state index contributed by atoms with van der Waals surface area (Å²) < 4.78 is 13.5. The molecule has 0 aromatic heterocycles. The van der Waals surface area contributed by atoms with Gasteiger partial charge in [-0.15, -0.1) is 0 Å². The first kappa shape index (κ1) is 15.2. The lowest BCUT2D eigenvalue weighted by molar-refractivity contribution is 0.590. The highest BCUT2D eigenvalue weighted by Gasteiger charge is 2.16. The zero-order chi connectivity index (χ0) is 14.9. The van der Waals surface area contributed by atoms with Gasteiger partial charge >= 0.3 is 0 Å². The van der Waals surface area contributed by atoms with Crippen LogP contribution in [0.2, 0.25) is 0 Å². The highest BCUT2D eigenvalue weighted by Crippen LogP contribution is 2.33. The summed E-state index contributed by atoms with van der Waals surface area (Å²) in [5.74, 6) is -0.184. The Kier molecular flexibility index (Phi) is 4.33. The lowest BCUT2D eigenvalue weighted by Gasteiger charge is -2.20. The van der Waals surface area contributed by atoms with Crippen molar-refractivity contribution in [3.05, 3.63) is 70.5 Å². The van der Waals surface area contributed by atoms with E-state index in [-0.39, 0.29) is 16.1 Å². The van der Waals surface area contributed by atoms with Gasteiger partial charge in [-0.25, -0.2) is 4.39 Å². The largest absolute Gasteiger partial charge is 0.207 e. The Morgan fingerprint density at radius 1 is 0.950 bits per heavy atom. The summed E-state index contributed by atoms with van der Waals surface area (Å²) in [6, 6.07) is 13.7. The van der Waals surface area contributed by atoms with E-state index < -0.39 is 0 Å². The van der Waals surface area contributed by atoms with Gasteiger partial charge in [0.15, 0.2) is 0 Å². The van der Waals surface area contributed by atoms with E-state index in [1.807, 2.05) is 13.0 Å². The molecule has 0 saturated heterocycles. The molecule has 0 aliphatic rings. The van der Waals surface area contributed by atoms with Crippen LogP contribution in [0.4, 0.5) is 4.39 Å². The van der Waals surface area contributed by atoms with Crippen LogP contribution in [0.3, 0.4) is 0 Å². The van der Waals surface area contributed by atoms with Crippen LogP contribution in [0.1, 0.15) is 47.9 Å². The Morgan fingerprint density at radius 3 is 2.05 bits per heavy atom. The third-order valence-electron chi connectivity index (χ3n) is 3.43. The van der Waals surface area contributed by atoms with Gasteiger partial charge in [0.2, 0.25) is 0 Å². The minimum atomic E-state index is -0.184. The molecule has 2 aromatic carbocycles. The molecule has 0 radical (unpaired) electrons. The summed E-state index contributed by atoms with van der Waals surface area (Å²) in [5, 5.41) is 0. The van der Waals surface area contributed by atoms with Crippen LogP contribution >= 0.6 is 15.9 Å². The first-order valence-corrected chi connectivity index (χ1v) is 7.70. The number of alkyl halides is 1. The highest BCUT2D eigenvalue weighted by molar-refractivity contribution is 9.09. The molecular weight excluding hydrogens is 315 g/mol. The monoisotopic (exact) mass is 334 g/mol. The molecule has 0 bridgehead atoms. The number of hydrogen-bond donors (Lipinski definition) is 0. The number of hydrogen-bond acceptors (Lipinski definition) is 0. The smallest absolute Gasteiger partial charge is 0.123 e. The highest BCUT2D eigenvalue weighted by atomic mass is 79.9. The second-order valence-electron chi connectivity index (χ2n) is 6.30. The molecule has 1 unspecified atom stereocenters. The molecule has 2 heteroatoms. The summed E-state index contributed by atoms with van der Waals surface area (Å²) in [5.41, 5.74) is 4.48. The first-order valence-electron chi connectivity index (χ1n) is 6.79. The molecule has 2 aromatic rings. The van der Waals surface area contributed by atoms with E-state index in [2.05, 4.69) is 61.0 Å². The van der Waals surface area contributed by atoms with Crippen molar-refractivity contribution in [2.45, 2.75) is 37.9 Å². The second kappa shape index (κ2) is 5.69. The van der Waals surface area contributed by atoms with Gasteiger partial charge in [-0.2, -0.15) is 0 Å². The van der Waals surface area contributed by atoms with Gasteiger partial charge in [-0.05, 0) is 46.7 Å². The van der Waals surface area contributed by atoms with Crippen LogP contribution in [0.15, 0.2) is 42.5 Å². The van der Waals surface area contributed by atoms with Gasteiger partial charge in [0.05, 0.1) is 4.83 Å². The Balaban J connectivity index is 2.31. The molecule has 0 saturated carbocycles. The van der Waals surface area contributed by atoms with Crippen molar-refractivity contribution < 1.29 is 4.39 Å². The van der Waals surface area contributed by atoms with Crippen LogP contribution in [0, 0.1) is 12.7 Å². The number of rotatable bonds is 2. The average molecular weight is 335 g/mol. The number of halogens is 2. The molecule has 0 heterocycles. The van der Waals surface area contributed by atoms with Gasteiger partial charge in [0.1, 0.15) is 5.82 Å². The average Bonchev–Trinajstić information content (AvgIpc) is 2.36. The van der Waals surface area contributed by atoms with Crippen LogP contribution in [-0.4, -0.2) is 0 Å². The van der Waals surface area contributed by atoms with E-state index in [1.165, 1.54) is 5.56 Å². The van der Waals surface area contributed by atoms with Crippen LogP contribution < -0.4 is 0 Å². The molecular formula is C18H20BrF. The van der Waals surface area contributed by atoms with Crippen molar-refractivity contribution in [1.29, 1.82) is 0 Å². The maximum atomic E-state index is 13.5. The summed E-state index contributed by atoms with van der Waals surface area (Å²) in [6.07, 6.45) is 0. The summed E-state index contributed by atoms with van der Waals surface area (Å²) in [7, 11) is 0. The molecule has 0 spiro atoms. The molecule has 0 N–H and O–H groups in total. The van der Waals surface area contributed by atoms with E-state index in [1.54, 1.807) is 12.1 Å². The lowest BCUT2D eigenvalue weighted by Crippen LogP contribution is -2.10. The van der Waals surface area contributed by atoms with Crippen LogP contribution in [-0.2, 0) is 5.41 Å². The third kappa shape index (κ3) is 3.49. The molecule has 106 valence electrons. The van der Waals surface area contributed by atoms with E-state index in [4.69, 9.17) is 0 Å². The van der Waals surface area contributed by atoms with Crippen LogP contribution in [0.25, 0.3) is 0 Å². The minimum absolute atomic E-state index is 0.0194. The summed E-state index contributed by atoms with van der Waals surface area (Å²) in [4.78, 5) is 0.0194. The molecule has 0 amide bonds. The Hall–Kier alpha value is -1.15. The van der Waals surface area contributed by atoms with Crippen molar-refractivity contribution in [2.75, 3.05) is 0 Å².